The summed E-state index contributed by atoms with van der Waals surface area (Å²) < 4.78 is 47.8. The minimum Gasteiger partial charge on any atom is -0.496 e. The highest BCUT2D eigenvalue weighted by Gasteiger charge is 2.32. The molecule has 1 aromatic rings. The molecule has 9 heteroatoms. The van der Waals surface area contributed by atoms with Gasteiger partial charge in [0.15, 0.2) is 0 Å². The van der Waals surface area contributed by atoms with Crippen molar-refractivity contribution in [2.45, 2.75) is 39.5 Å². The van der Waals surface area contributed by atoms with Gasteiger partial charge in [-0.15, -0.1) is 13.2 Å². The molecular formula is C25H33F3N4O2. The van der Waals surface area contributed by atoms with E-state index in [1.165, 1.54) is 38.2 Å². The van der Waals surface area contributed by atoms with Crippen LogP contribution in [0.1, 0.15) is 38.7 Å². The third kappa shape index (κ3) is 6.79. The number of piperidine rings is 1. The summed E-state index contributed by atoms with van der Waals surface area (Å²) in [4.78, 5) is 7.18. The molecule has 0 aromatic heterocycles. The molecule has 1 N–H and O–H groups in total. The molecule has 186 valence electrons. The molecule has 34 heavy (non-hydrogen) atoms. The van der Waals surface area contributed by atoms with E-state index in [1.807, 2.05) is 12.2 Å². The van der Waals surface area contributed by atoms with Gasteiger partial charge < -0.3 is 14.4 Å². The topological polar surface area (TPSA) is 49.3 Å². The van der Waals surface area contributed by atoms with Gasteiger partial charge >= 0.3 is 6.36 Å². The van der Waals surface area contributed by atoms with E-state index in [1.54, 1.807) is 18.0 Å². The van der Waals surface area contributed by atoms with Crippen LogP contribution in [0.4, 0.5) is 13.2 Å². The van der Waals surface area contributed by atoms with Crippen LogP contribution in [0.2, 0.25) is 0 Å². The summed E-state index contributed by atoms with van der Waals surface area (Å²) in [6.07, 6.45) is 4.08. The summed E-state index contributed by atoms with van der Waals surface area (Å²) in [7, 11) is 1.46. The molecule has 0 amide bonds. The molecule has 2 aliphatic rings. The standard InChI is InChI=1S/C25H33F3N4O2/c1-5-22(21-17-20(34-25(26,27)28)8-9-23(21)33-4)32-18(3)7-10-24(30-32)29-14-11-19-12-15-31(6-2)16-13-19/h5,7-10,17,19H,3,6,11-16H2,1-2,4H3,(H,29,30)/b22-5-. The van der Waals surface area contributed by atoms with Crippen molar-refractivity contribution in [3.05, 3.63) is 54.3 Å². The van der Waals surface area contributed by atoms with Gasteiger partial charge in [0.05, 0.1) is 18.5 Å². The van der Waals surface area contributed by atoms with Crippen LogP contribution in [0.5, 0.6) is 11.5 Å². The molecule has 2 aliphatic heterocycles. The Balaban J connectivity index is 1.73. The number of hydrogen-bond donors (Lipinski definition) is 1. The molecule has 0 spiro atoms. The number of amidine groups is 1. The van der Waals surface area contributed by atoms with E-state index in [0.29, 0.717) is 41.0 Å². The first-order valence-electron chi connectivity index (χ1n) is 11.5. The van der Waals surface area contributed by atoms with Crippen molar-refractivity contribution < 1.29 is 22.6 Å². The molecule has 3 rings (SSSR count). The van der Waals surface area contributed by atoms with Gasteiger partial charge in [0.1, 0.15) is 17.3 Å². The van der Waals surface area contributed by atoms with Gasteiger partial charge in [0.25, 0.3) is 0 Å². The monoisotopic (exact) mass is 478 g/mol. The number of likely N-dealkylation sites (tertiary alicyclic amines) is 1. The Morgan fingerprint density at radius 3 is 2.62 bits per heavy atom. The number of methoxy groups -OCH3 is 1. The molecule has 2 heterocycles. The fourth-order valence-corrected chi connectivity index (χ4v) is 4.22. The summed E-state index contributed by atoms with van der Waals surface area (Å²) in [5.41, 5.74) is 4.84. The number of allylic oxidation sites excluding steroid dienone is 2. The van der Waals surface area contributed by atoms with Crippen molar-refractivity contribution in [3.63, 3.8) is 0 Å². The zero-order chi connectivity index (χ0) is 24.7. The second kappa shape index (κ2) is 11.5. The Morgan fingerprint density at radius 1 is 1.26 bits per heavy atom. The molecule has 1 saturated heterocycles. The highest BCUT2D eigenvalue weighted by molar-refractivity contribution is 5.95. The number of nitrogens with one attached hydrogen (secondary N) is 1. The average molecular weight is 479 g/mol. The van der Waals surface area contributed by atoms with Gasteiger partial charge in [0.2, 0.25) is 0 Å². The molecule has 0 saturated carbocycles. The summed E-state index contributed by atoms with van der Waals surface area (Å²) in [6.45, 7) is 12.1. The van der Waals surface area contributed by atoms with Crippen molar-refractivity contribution in [2.75, 3.05) is 33.3 Å². The van der Waals surface area contributed by atoms with Crippen LogP contribution in [-0.4, -0.2) is 55.4 Å². The maximum Gasteiger partial charge on any atom is 0.573 e. The third-order valence-corrected chi connectivity index (χ3v) is 6.12. The number of hydrogen-bond acceptors (Lipinski definition) is 5. The van der Waals surface area contributed by atoms with Gasteiger partial charge in [-0.3, -0.25) is 15.4 Å². The van der Waals surface area contributed by atoms with Crippen molar-refractivity contribution in [2.24, 2.45) is 10.9 Å². The van der Waals surface area contributed by atoms with E-state index in [0.717, 1.165) is 26.1 Å². The Labute approximate surface area is 199 Å². The first-order chi connectivity index (χ1) is 16.2. The Bertz CT molecular complexity index is 948. The smallest absolute Gasteiger partial charge is 0.496 e. The molecule has 0 unspecified atom stereocenters. The maximum absolute atomic E-state index is 12.8. The number of benzene rings is 1. The Hall–Kier alpha value is -2.94. The summed E-state index contributed by atoms with van der Waals surface area (Å²) in [5, 5.41) is 1.69. The molecule has 1 fully saturated rings. The van der Waals surface area contributed by atoms with Crippen LogP contribution < -0.4 is 14.9 Å². The number of rotatable bonds is 8. The predicted octanol–water partition coefficient (Wildman–Crippen LogP) is 5.37. The van der Waals surface area contributed by atoms with Crippen LogP contribution in [0.25, 0.3) is 5.70 Å². The van der Waals surface area contributed by atoms with Crippen LogP contribution >= 0.6 is 0 Å². The fourth-order valence-electron chi connectivity index (χ4n) is 4.22. The quantitative estimate of drug-likeness (QED) is 0.545. The van der Waals surface area contributed by atoms with Crippen LogP contribution in [0.3, 0.4) is 0 Å². The predicted molar refractivity (Wildman–Crippen MR) is 128 cm³/mol. The third-order valence-electron chi connectivity index (χ3n) is 6.12. The van der Waals surface area contributed by atoms with Crippen molar-refractivity contribution in [3.8, 4) is 11.5 Å². The average Bonchev–Trinajstić information content (AvgIpc) is 2.81. The Morgan fingerprint density at radius 2 is 2.00 bits per heavy atom. The van der Waals surface area contributed by atoms with Gasteiger partial charge in [0, 0.05) is 12.1 Å². The largest absolute Gasteiger partial charge is 0.573 e. The van der Waals surface area contributed by atoms with Crippen LogP contribution in [0.15, 0.2) is 53.7 Å². The number of ether oxygens (including phenoxy) is 2. The summed E-state index contributed by atoms with van der Waals surface area (Å²) in [5.74, 6) is 1.42. The minimum atomic E-state index is -4.79. The van der Waals surface area contributed by atoms with Gasteiger partial charge in [-0.25, -0.2) is 0 Å². The molecule has 0 radical (unpaired) electrons. The first kappa shape index (κ1) is 25.7. The van der Waals surface area contributed by atoms with E-state index in [2.05, 4.69) is 28.6 Å². The lowest BCUT2D eigenvalue weighted by atomic mass is 9.94. The van der Waals surface area contributed by atoms with E-state index in [9.17, 15) is 13.2 Å². The summed E-state index contributed by atoms with van der Waals surface area (Å²) in [6, 6.07) is 3.97. The van der Waals surface area contributed by atoms with Gasteiger partial charge in [-0.1, -0.05) is 19.6 Å². The molecule has 0 atom stereocenters. The number of alkyl halides is 3. The summed E-state index contributed by atoms with van der Waals surface area (Å²) >= 11 is 0. The zero-order valence-electron chi connectivity index (χ0n) is 20.0. The van der Waals surface area contributed by atoms with Gasteiger partial charge in [-0.05, 0) is 82.1 Å². The molecule has 0 bridgehead atoms. The van der Waals surface area contributed by atoms with E-state index in [4.69, 9.17) is 9.73 Å². The lowest BCUT2D eigenvalue weighted by Crippen LogP contribution is -2.41. The van der Waals surface area contributed by atoms with Crippen molar-refractivity contribution in [1.82, 2.24) is 15.3 Å². The van der Waals surface area contributed by atoms with E-state index < -0.39 is 6.36 Å². The zero-order valence-corrected chi connectivity index (χ0v) is 20.0. The second-order valence-corrected chi connectivity index (χ2v) is 8.29. The van der Waals surface area contributed by atoms with E-state index in [-0.39, 0.29) is 5.75 Å². The number of hydrazine groups is 1. The number of halogens is 3. The number of nitrogens with zero attached hydrogens (tertiary/aromatic N) is 3. The lowest BCUT2D eigenvalue weighted by molar-refractivity contribution is -0.274. The SMILES string of the molecule is C=C1C=CC(=NCCC2CCN(CC)CC2)NN1/C(=C\C)c1cc(OC(F)(F)F)ccc1OC. The lowest BCUT2D eigenvalue weighted by Gasteiger charge is -2.33. The highest BCUT2D eigenvalue weighted by atomic mass is 19.4. The first-order valence-corrected chi connectivity index (χ1v) is 11.5. The molecule has 0 aliphatic carbocycles. The van der Waals surface area contributed by atoms with Crippen molar-refractivity contribution in [1.29, 1.82) is 0 Å². The number of aliphatic imine (C=N–C) groups is 1. The molecule has 6 nitrogen and oxygen atoms in total. The molecule has 1 aromatic carbocycles. The van der Waals surface area contributed by atoms with Crippen molar-refractivity contribution >= 4 is 11.5 Å². The maximum atomic E-state index is 12.8. The normalized spacial score (nSPS) is 19.5. The Kier molecular flexibility index (Phi) is 8.66. The fraction of sp³-hybridized carbons (Fsp3) is 0.480. The van der Waals surface area contributed by atoms with E-state index >= 15 is 0 Å². The second-order valence-electron chi connectivity index (χ2n) is 8.29. The van der Waals surface area contributed by atoms with Crippen LogP contribution in [-0.2, 0) is 0 Å². The van der Waals surface area contributed by atoms with Crippen LogP contribution in [0, 0.1) is 5.92 Å². The molecular weight excluding hydrogens is 445 g/mol. The van der Waals surface area contributed by atoms with Gasteiger partial charge in [-0.2, -0.15) is 0 Å². The highest BCUT2D eigenvalue weighted by Crippen LogP contribution is 2.35. The minimum absolute atomic E-state index is 0.330.